The first-order valence-electron chi connectivity index (χ1n) is 5.89. The first-order valence-corrected chi connectivity index (χ1v) is 7.09. The van der Waals surface area contributed by atoms with Crippen LogP contribution in [0.4, 0.5) is 5.13 Å². The van der Waals surface area contributed by atoms with Crippen LogP contribution in [-0.2, 0) is 0 Å². The van der Waals surface area contributed by atoms with Crippen LogP contribution < -0.4 is 5.73 Å². The van der Waals surface area contributed by atoms with Crippen LogP contribution in [0.15, 0.2) is 12.1 Å². The summed E-state index contributed by atoms with van der Waals surface area (Å²) in [6.07, 6.45) is 0. The largest absolute Gasteiger partial charge is 0.375 e. The molecule has 0 spiro atoms. The molecule has 0 saturated heterocycles. The second kappa shape index (κ2) is 4.90. The normalized spacial score (nSPS) is 12.7. The number of hydrogen-bond acceptors (Lipinski definition) is 3. The molecule has 1 aromatic heterocycles. The summed E-state index contributed by atoms with van der Waals surface area (Å²) >= 11 is 7.94. The lowest BCUT2D eigenvalue weighted by molar-refractivity contribution is 0.914. The molecule has 0 aliphatic carbocycles. The summed E-state index contributed by atoms with van der Waals surface area (Å²) in [7, 11) is 0. The third-order valence-electron chi connectivity index (χ3n) is 3.16. The fourth-order valence-corrected chi connectivity index (χ4v) is 3.82. The Morgan fingerprint density at radius 3 is 2.44 bits per heavy atom. The van der Waals surface area contributed by atoms with E-state index < -0.39 is 0 Å². The van der Waals surface area contributed by atoms with E-state index in [9.17, 15) is 0 Å². The molecular weight excluding hydrogens is 264 g/mol. The van der Waals surface area contributed by atoms with Crippen molar-refractivity contribution in [3.63, 3.8) is 0 Å². The molecule has 1 heterocycles. The number of nitrogens with two attached hydrogens (primary N) is 1. The summed E-state index contributed by atoms with van der Waals surface area (Å²) in [4.78, 5) is 5.48. The van der Waals surface area contributed by atoms with Crippen molar-refractivity contribution in [2.24, 2.45) is 0 Å². The molecule has 0 bridgehead atoms. The second-order valence-electron chi connectivity index (χ2n) is 4.70. The van der Waals surface area contributed by atoms with Crippen LogP contribution in [0.1, 0.15) is 40.1 Å². The fourth-order valence-electron chi connectivity index (χ4n) is 2.44. The third-order valence-corrected chi connectivity index (χ3v) is 4.64. The van der Waals surface area contributed by atoms with E-state index in [1.54, 1.807) is 11.3 Å². The lowest BCUT2D eigenvalue weighted by Crippen LogP contribution is -2.00. The summed E-state index contributed by atoms with van der Waals surface area (Å²) < 4.78 is 0. The number of benzene rings is 1. The van der Waals surface area contributed by atoms with Gasteiger partial charge < -0.3 is 5.73 Å². The van der Waals surface area contributed by atoms with Crippen LogP contribution in [0.5, 0.6) is 0 Å². The highest BCUT2D eigenvalue weighted by atomic mass is 35.5. The monoisotopic (exact) mass is 280 g/mol. The maximum absolute atomic E-state index is 6.39. The van der Waals surface area contributed by atoms with Crippen LogP contribution in [0.3, 0.4) is 0 Å². The number of aromatic nitrogens is 1. The lowest BCUT2D eigenvalue weighted by atomic mass is 9.93. The van der Waals surface area contributed by atoms with Gasteiger partial charge in [0.05, 0.1) is 5.69 Å². The van der Waals surface area contributed by atoms with Crippen molar-refractivity contribution < 1.29 is 0 Å². The van der Waals surface area contributed by atoms with Crippen molar-refractivity contribution >= 4 is 28.1 Å². The molecule has 4 heteroatoms. The summed E-state index contributed by atoms with van der Waals surface area (Å²) in [5.41, 5.74) is 10.4. The number of hydrogen-bond donors (Lipinski definition) is 1. The highest BCUT2D eigenvalue weighted by molar-refractivity contribution is 7.15. The summed E-state index contributed by atoms with van der Waals surface area (Å²) in [5, 5.41) is 1.45. The zero-order valence-corrected chi connectivity index (χ0v) is 12.6. The minimum Gasteiger partial charge on any atom is -0.375 e. The van der Waals surface area contributed by atoms with E-state index in [0.29, 0.717) is 5.13 Å². The SMILES string of the molecule is Cc1cc(C)c(C(C)c2sc(N)nc2C)c(Cl)c1. The van der Waals surface area contributed by atoms with Crippen LogP contribution in [-0.4, -0.2) is 4.98 Å². The predicted molar refractivity (Wildman–Crippen MR) is 79.7 cm³/mol. The molecule has 0 aliphatic rings. The van der Waals surface area contributed by atoms with Crippen LogP contribution in [0, 0.1) is 20.8 Å². The topological polar surface area (TPSA) is 38.9 Å². The van der Waals surface area contributed by atoms with E-state index in [2.05, 4.69) is 31.8 Å². The Morgan fingerprint density at radius 2 is 1.94 bits per heavy atom. The van der Waals surface area contributed by atoms with E-state index in [0.717, 1.165) is 10.7 Å². The molecular formula is C14H17ClN2S. The van der Waals surface area contributed by atoms with Crippen LogP contribution >= 0.6 is 22.9 Å². The molecule has 1 unspecified atom stereocenters. The summed E-state index contributed by atoms with van der Waals surface area (Å²) in [6, 6.07) is 4.18. The van der Waals surface area contributed by atoms with Gasteiger partial charge in [0, 0.05) is 15.8 Å². The van der Waals surface area contributed by atoms with E-state index >= 15 is 0 Å². The van der Waals surface area contributed by atoms with Gasteiger partial charge in [0.15, 0.2) is 5.13 Å². The highest BCUT2D eigenvalue weighted by Gasteiger charge is 2.19. The van der Waals surface area contributed by atoms with E-state index in [1.807, 2.05) is 13.0 Å². The van der Waals surface area contributed by atoms with Crippen LogP contribution in [0.25, 0.3) is 0 Å². The molecule has 2 nitrogen and oxygen atoms in total. The van der Waals surface area contributed by atoms with Crippen molar-refractivity contribution in [1.82, 2.24) is 4.98 Å². The maximum atomic E-state index is 6.39. The second-order valence-corrected chi connectivity index (χ2v) is 6.17. The van der Waals surface area contributed by atoms with Crippen molar-refractivity contribution in [1.29, 1.82) is 0 Å². The van der Waals surface area contributed by atoms with E-state index in [-0.39, 0.29) is 5.92 Å². The van der Waals surface area contributed by atoms with Crippen molar-refractivity contribution in [3.05, 3.63) is 44.4 Å². The summed E-state index contributed by atoms with van der Waals surface area (Å²) in [5.74, 6) is 0.230. The Labute approximate surface area is 117 Å². The van der Waals surface area contributed by atoms with Gasteiger partial charge in [-0.05, 0) is 43.5 Å². The Hall–Kier alpha value is -1.06. The van der Waals surface area contributed by atoms with Gasteiger partial charge in [-0.25, -0.2) is 4.98 Å². The molecule has 0 radical (unpaired) electrons. The van der Waals surface area contributed by atoms with Gasteiger partial charge in [-0.3, -0.25) is 0 Å². The van der Waals surface area contributed by atoms with Gasteiger partial charge >= 0.3 is 0 Å². The standard InChI is InChI=1S/C14H17ClN2S/c1-7-5-8(2)12(11(15)6-7)9(3)13-10(4)17-14(16)18-13/h5-6,9H,1-4H3,(H2,16,17). The molecule has 1 aromatic carbocycles. The number of anilines is 1. The highest BCUT2D eigenvalue weighted by Crippen LogP contribution is 2.37. The molecule has 2 N–H and O–H groups in total. The minimum atomic E-state index is 0.230. The average molecular weight is 281 g/mol. The number of thiazole rings is 1. The first-order chi connectivity index (χ1) is 8.40. The zero-order valence-electron chi connectivity index (χ0n) is 11.0. The van der Waals surface area contributed by atoms with Gasteiger partial charge in [0.25, 0.3) is 0 Å². The molecule has 2 aromatic rings. The smallest absolute Gasteiger partial charge is 0.180 e. The number of nitrogen functional groups attached to an aromatic ring is 1. The fraction of sp³-hybridized carbons (Fsp3) is 0.357. The van der Waals surface area contributed by atoms with Crippen LogP contribution in [0.2, 0.25) is 5.02 Å². The minimum absolute atomic E-state index is 0.230. The maximum Gasteiger partial charge on any atom is 0.180 e. The van der Waals surface area contributed by atoms with Crippen molar-refractivity contribution in [2.75, 3.05) is 5.73 Å². The molecule has 18 heavy (non-hydrogen) atoms. The number of rotatable bonds is 2. The Bertz CT molecular complexity index is 566. The Balaban J connectivity index is 2.52. The first kappa shape index (κ1) is 13.4. The van der Waals surface area contributed by atoms with Gasteiger partial charge in [-0.1, -0.05) is 24.6 Å². The van der Waals surface area contributed by atoms with Gasteiger partial charge in [-0.2, -0.15) is 0 Å². The summed E-state index contributed by atoms with van der Waals surface area (Å²) in [6.45, 7) is 8.31. The predicted octanol–water partition coefficient (Wildman–Crippen LogP) is 4.46. The number of aryl methyl sites for hydroxylation is 3. The van der Waals surface area contributed by atoms with Crippen molar-refractivity contribution in [2.45, 2.75) is 33.6 Å². The molecule has 2 rings (SSSR count). The van der Waals surface area contributed by atoms with Gasteiger partial charge in [-0.15, -0.1) is 11.3 Å². The lowest BCUT2D eigenvalue weighted by Gasteiger charge is -2.16. The molecule has 0 fully saturated rings. The molecule has 0 saturated carbocycles. The van der Waals surface area contributed by atoms with E-state index in [1.165, 1.54) is 21.6 Å². The van der Waals surface area contributed by atoms with E-state index in [4.69, 9.17) is 17.3 Å². The molecule has 0 amide bonds. The van der Waals surface area contributed by atoms with Gasteiger partial charge in [0.2, 0.25) is 0 Å². The molecule has 1 atom stereocenters. The number of halogens is 1. The molecule has 96 valence electrons. The van der Waals surface area contributed by atoms with Gasteiger partial charge in [0.1, 0.15) is 0 Å². The average Bonchev–Trinajstić information content (AvgIpc) is 2.56. The molecule has 0 aliphatic heterocycles. The number of nitrogens with zero attached hydrogens (tertiary/aromatic N) is 1. The van der Waals surface area contributed by atoms with Crippen molar-refractivity contribution in [3.8, 4) is 0 Å². The Kier molecular flexibility index (Phi) is 3.64. The third kappa shape index (κ3) is 2.38. The zero-order chi connectivity index (χ0) is 13.4. The quantitative estimate of drug-likeness (QED) is 0.882. The Morgan fingerprint density at radius 1 is 1.28 bits per heavy atom.